The summed E-state index contributed by atoms with van der Waals surface area (Å²) >= 11 is 1.58. The Hall–Kier alpha value is -2.01. The van der Waals surface area contributed by atoms with Gasteiger partial charge in [0.25, 0.3) is 5.91 Å². The van der Waals surface area contributed by atoms with Crippen molar-refractivity contribution < 1.29 is 14.3 Å². The van der Waals surface area contributed by atoms with Crippen LogP contribution in [-0.2, 0) is 6.42 Å². The standard InChI is InChI=1S/C19H25NO3S/c1-5-6-15-13-18(24-14(15)2)19(21)20(3)11-12-23-17-9-7-16(22-4)8-10-17/h7-10,13H,5-6,11-12H2,1-4H3. The van der Waals surface area contributed by atoms with Crippen molar-refractivity contribution in [3.63, 3.8) is 0 Å². The molecular formula is C19H25NO3S. The third-order valence-electron chi connectivity index (χ3n) is 3.85. The van der Waals surface area contributed by atoms with Crippen molar-refractivity contribution in [2.45, 2.75) is 26.7 Å². The number of methoxy groups -OCH3 is 1. The maximum atomic E-state index is 12.5. The van der Waals surface area contributed by atoms with E-state index in [0.29, 0.717) is 13.2 Å². The maximum Gasteiger partial charge on any atom is 0.263 e. The number of aryl methyl sites for hydroxylation is 2. The van der Waals surface area contributed by atoms with E-state index < -0.39 is 0 Å². The molecule has 0 aliphatic rings. The van der Waals surface area contributed by atoms with Crippen molar-refractivity contribution in [3.05, 3.63) is 45.6 Å². The second kappa shape index (κ2) is 8.73. The van der Waals surface area contributed by atoms with E-state index in [1.54, 1.807) is 23.3 Å². The van der Waals surface area contributed by atoms with Crippen LogP contribution in [0.3, 0.4) is 0 Å². The highest BCUT2D eigenvalue weighted by atomic mass is 32.1. The lowest BCUT2D eigenvalue weighted by Gasteiger charge is -2.16. The minimum absolute atomic E-state index is 0.0591. The van der Waals surface area contributed by atoms with Gasteiger partial charge in [0.05, 0.1) is 18.5 Å². The largest absolute Gasteiger partial charge is 0.497 e. The van der Waals surface area contributed by atoms with Crippen molar-refractivity contribution in [3.8, 4) is 11.5 Å². The first-order valence-corrected chi connectivity index (χ1v) is 8.98. The summed E-state index contributed by atoms with van der Waals surface area (Å²) in [7, 11) is 3.45. The third-order valence-corrected chi connectivity index (χ3v) is 4.93. The van der Waals surface area contributed by atoms with Crippen LogP contribution in [0.15, 0.2) is 30.3 Å². The molecule has 0 unspecified atom stereocenters. The summed E-state index contributed by atoms with van der Waals surface area (Å²) in [4.78, 5) is 16.3. The number of thiophene rings is 1. The van der Waals surface area contributed by atoms with Crippen molar-refractivity contribution in [2.24, 2.45) is 0 Å². The molecule has 0 radical (unpaired) electrons. The molecule has 0 aliphatic heterocycles. The van der Waals surface area contributed by atoms with Crippen LogP contribution in [0.25, 0.3) is 0 Å². The second-order valence-electron chi connectivity index (χ2n) is 5.69. The van der Waals surface area contributed by atoms with Crippen LogP contribution in [0.4, 0.5) is 0 Å². The summed E-state index contributed by atoms with van der Waals surface area (Å²) in [5.74, 6) is 1.63. The third kappa shape index (κ3) is 4.74. The molecule has 5 heteroatoms. The van der Waals surface area contributed by atoms with Crippen LogP contribution in [-0.4, -0.2) is 38.1 Å². The van der Waals surface area contributed by atoms with E-state index in [1.807, 2.05) is 37.4 Å². The molecule has 0 N–H and O–H groups in total. The predicted molar refractivity (Wildman–Crippen MR) is 98.5 cm³/mol. The fourth-order valence-corrected chi connectivity index (χ4v) is 3.47. The molecule has 0 bridgehead atoms. The molecule has 1 heterocycles. The van der Waals surface area contributed by atoms with Gasteiger partial charge in [0.15, 0.2) is 0 Å². The molecule has 1 aromatic heterocycles. The van der Waals surface area contributed by atoms with Crippen molar-refractivity contribution in [1.29, 1.82) is 0 Å². The minimum Gasteiger partial charge on any atom is -0.497 e. The summed E-state index contributed by atoms with van der Waals surface area (Å²) in [6.07, 6.45) is 2.12. The number of ether oxygens (including phenoxy) is 2. The molecule has 0 saturated carbocycles. The minimum atomic E-state index is 0.0591. The van der Waals surface area contributed by atoms with E-state index in [4.69, 9.17) is 9.47 Å². The molecule has 0 atom stereocenters. The molecule has 2 aromatic rings. The lowest BCUT2D eigenvalue weighted by atomic mass is 10.1. The molecular weight excluding hydrogens is 322 g/mol. The van der Waals surface area contributed by atoms with Crippen LogP contribution in [0.5, 0.6) is 11.5 Å². The van der Waals surface area contributed by atoms with Gasteiger partial charge in [-0.25, -0.2) is 0 Å². The Labute approximate surface area is 148 Å². The highest BCUT2D eigenvalue weighted by molar-refractivity contribution is 7.14. The smallest absolute Gasteiger partial charge is 0.263 e. The topological polar surface area (TPSA) is 38.8 Å². The Kier molecular flexibility index (Phi) is 6.67. The fourth-order valence-electron chi connectivity index (χ4n) is 2.40. The quantitative estimate of drug-likeness (QED) is 0.719. The second-order valence-corrected chi connectivity index (χ2v) is 6.95. The summed E-state index contributed by atoms with van der Waals surface area (Å²) in [6, 6.07) is 9.47. The van der Waals surface area contributed by atoms with E-state index in [1.165, 1.54) is 10.4 Å². The monoisotopic (exact) mass is 347 g/mol. The number of benzene rings is 1. The van der Waals surface area contributed by atoms with Crippen LogP contribution >= 0.6 is 11.3 Å². The number of hydrogen-bond donors (Lipinski definition) is 0. The van der Waals surface area contributed by atoms with Crippen LogP contribution < -0.4 is 9.47 Å². The van der Waals surface area contributed by atoms with Crippen molar-refractivity contribution in [2.75, 3.05) is 27.3 Å². The first-order valence-electron chi connectivity index (χ1n) is 8.16. The van der Waals surface area contributed by atoms with E-state index >= 15 is 0 Å². The Bertz CT molecular complexity index is 664. The van der Waals surface area contributed by atoms with Gasteiger partial charge in [0, 0.05) is 11.9 Å². The van der Waals surface area contributed by atoms with Gasteiger partial charge in [-0.1, -0.05) is 13.3 Å². The number of rotatable bonds is 8. The number of carbonyl (C=O) groups excluding carboxylic acids is 1. The number of hydrogen-bond acceptors (Lipinski definition) is 4. The van der Waals surface area contributed by atoms with Crippen molar-refractivity contribution >= 4 is 17.2 Å². The Morgan fingerprint density at radius 1 is 1.21 bits per heavy atom. The van der Waals surface area contributed by atoms with Crippen LogP contribution in [0.2, 0.25) is 0 Å². The molecule has 0 saturated heterocycles. The van der Waals surface area contributed by atoms with Crippen LogP contribution in [0, 0.1) is 6.92 Å². The van der Waals surface area contributed by atoms with Gasteiger partial charge in [-0.15, -0.1) is 11.3 Å². The zero-order chi connectivity index (χ0) is 17.5. The van der Waals surface area contributed by atoms with Gasteiger partial charge < -0.3 is 14.4 Å². The summed E-state index contributed by atoms with van der Waals surface area (Å²) < 4.78 is 10.8. The van der Waals surface area contributed by atoms with Crippen molar-refractivity contribution in [1.82, 2.24) is 4.90 Å². The number of nitrogens with zero attached hydrogens (tertiary/aromatic N) is 1. The Morgan fingerprint density at radius 2 is 1.88 bits per heavy atom. The van der Waals surface area contributed by atoms with E-state index in [2.05, 4.69) is 13.8 Å². The van der Waals surface area contributed by atoms with E-state index in [0.717, 1.165) is 29.2 Å². The Balaban J connectivity index is 1.85. The highest BCUT2D eigenvalue weighted by Crippen LogP contribution is 2.24. The molecule has 4 nitrogen and oxygen atoms in total. The van der Waals surface area contributed by atoms with Gasteiger partial charge >= 0.3 is 0 Å². The zero-order valence-corrected chi connectivity index (χ0v) is 15.6. The summed E-state index contributed by atoms with van der Waals surface area (Å²) in [5.41, 5.74) is 1.29. The highest BCUT2D eigenvalue weighted by Gasteiger charge is 2.16. The average molecular weight is 347 g/mol. The SMILES string of the molecule is CCCc1cc(C(=O)N(C)CCOc2ccc(OC)cc2)sc1C. The average Bonchev–Trinajstić information content (AvgIpc) is 2.96. The normalized spacial score (nSPS) is 10.5. The van der Waals surface area contributed by atoms with Gasteiger partial charge in [-0.2, -0.15) is 0 Å². The fraction of sp³-hybridized carbons (Fsp3) is 0.421. The molecule has 1 aromatic carbocycles. The van der Waals surface area contributed by atoms with Crippen LogP contribution in [0.1, 0.15) is 33.5 Å². The molecule has 2 rings (SSSR count). The lowest BCUT2D eigenvalue weighted by molar-refractivity contribution is 0.0778. The maximum absolute atomic E-state index is 12.5. The van der Waals surface area contributed by atoms with Gasteiger partial charge in [0.1, 0.15) is 18.1 Å². The molecule has 1 amide bonds. The molecule has 0 fully saturated rings. The first-order chi connectivity index (χ1) is 11.5. The van der Waals surface area contributed by atoms with Gasteiger partial charge in [-0.05, 0) is 49.2 Å². The predicted octanol–water partition coefficient (Wildman–Crippen LogP) is 4.17. The van der Waals surface area contributed by atoms with Gasteiger partial charge in [0.2, 0.25) is 0 Å². The lowest BCUT2D eigenvalue weighted by Crippen LogP contribution is -2.30. The molecule has 24 heavy (non-hydrogen) atoms. The Morgan fingerprint density at radius 3 is 2.50 bits per heavy atom. The molecule has 130 valence electrons. The molecule has 0 spiro atoms. The number of likely N-dealkylation sites (N-methyl/N-ethyl adjacent to an activating group) is 1. The first kappa shape index (κ1) is 18.3. The van der Waals surface area contributed by atoms with Gasteiger partial charge in [-0.3, -0.25) is 4.79 Å². The summed E-state index contributed by atoms with van der Waals surface area (Å²) in [6.45, 7) is 5.24. The molecule has 0 aliphatic carbocycles. The number of amides is 1. The zero-order valence-electron chi connectivity index (χ0n) is 14.8. The van der Waals surface area contributed by atoms with E-state index in [9.17, 15) is 4.79 Å². The number of carbonyl (C=O) groups is 1. The van der Waals surface area contributed by atoms with E-state index in [-0.39, 0.29) is 5.91 Å². The summed E-state index contributed by atoms with van der Waals surface area (Å²) in [5, 5.41) is 0.